The second-order valence-corrected chi connectivity index (χ2v) is 3.71. The van der Waals surface area contributed by atoms with Crippen LogP contribution in [0.3, 0.4) is 0 Å². The predicted octanol–water partition coefficient (Wildman–Crippen LogP) is -0.739. The first kappa shape index (κ1) is 10.1. The van der Waals surface area contributed by atoms with E-state index in [1.54, 1.807) is 4.90 Å². The summed E-state index contributed by atoms with van der Waals surface area (Å²) in [7, 11) is 0. The van der Waals surface area contributed by atoms with Crippen molar-refractivity contribution in [1.29, 1.82) is 0 Å². The maximum atomic E-state index is 11.7. The van der Waals surface area contributed by atoms with Gasteiger partial charge in [0.1, 0.15) is 19.2 Å². The molecule has 6 heteroatoms. The van der Waals surface area contributed by atoms with E-state index in [0.29, 0.717) is 25.9 Å². The Kier molecular flexibility index (Phi) is 2.96. The molecule has 2 heterocycles. The lowest BCUT2D eigenvalue weighted by Gasteiger charge is -2.29. The number of hydrogen-bond donors (Lipinski definition) is 1. The number of likely N-dealkylation sites (tertiary alicyclic amines) is 1. The summed E-state index contributed by atoms with van der Waals surface area (Å²) in [6.07, 6.45) is 4.02. The highest BCUT2D eigenvalue weighted by Gasteiger charge is 2.21. The van der Waals surface area contributed by atoms with E-state index in [0.717, 1.165) is 0 Å². The first-order valence-corrected chi connectivity index (χ1v) is 5.04. The third kappa shape index (κ3) is 2.53. The lowest BCUT2D eigenvalue weighted by atomic mass is 10.1. The van der Waals surface area contributed by atoms with Gasteiger partial charge in [0.25, 0.3) is 0 Å². The van der Waals surface area contributed by atoms with Crippen molar-refractivity contribution >= 4 is 5.91 Å². The Labute approximate surface area is 87.5 Å². The van der Waals surface area contributed by atoms with E-state index in [-0.39, 0.29) is 18.6 Å². The molecule has 0 unspecified atom stereocenters. The minimum absolute atomic E-state index is 0.0346. The van der Waals surface area contributed by atoms with Gasteiger partial charge in [0.15, 0.2) is 0 Å². The first-order chi connectivity index (χ1) is 7.25. The molecule has 1 aliphatic rings. The van der Waals surface area contributed by atoms with Gasteiger partial charge >= 0.3 is 0 Å². The van der Waals surface area contributed by atoms with E-state index < -0.39 is 0 Å². The van der Waals surface area contributed by atoms with Crippen molar-refractivity contribution in [1.82, 2.24) is 19.7 Å². The topological polar surface area (TPSA) is 71.2 Å². The fraction of sp³-hybridized carbons (Fsp3) is 0.667. The van der Waals surface area contributed by atoms with Crippen molar-refractivity contribution in [3.05, 3.63) is 12.7 Å². The predicted molar refractivity (Wildman–Crippen MR) is 51.8 cm³/mol. The second kappa shape index (κ2) is 4.39. The van der Waals surface area contributed by atoms with E-state index in [9.17, 15) is 9.90 Å². The number of amides is 1. The summed E-state index contributed by atoms with van der Waals surface area (Å²) in [6.45, 7) is 1.50. The van der Waals surface area contributed by atoms with Crippen LogP contribution in [0.15, 0.2) is 12.7 Å². The van der Waals surface area contributed by atoms with Gasteiger partial charge in [0.2, 0.25) is 5.91 Å². The molecule has 1 N–H and O–H groups in total. The van der Waals surface area contributed by atoms with Crippen LogP contribution >= 0.6 is 0 Å². The minimum Gasteiger partial charge on any atom is -0.393 e. The van der Waals surface area contributed by atoms with Crippen molar-refractivity contribution in [2.75, 3.05) is 13.1 Å². The van der Waals surface area contributed by atoms with E-state index >= 15 is 0 Å². The Morgan fingerprint density at radius 2 is 2.20 bits per heavy atom. The smallest absolute Gasteiger partial charge is 0.244 e. The van der Waals surface area contributed by atoms with Crippen molar-refractivity contribution in [3.63, 3.8) is 0 Å². The minimum atomic E-state index is -0.250. The van der Waals surface area contributed by atoms with Crippen molar-refractivity contribution in [3.8, 4) is 0 Å². The third-order valence-corrected chi connectivity index (χ3v) is 2.58. The van der Waals surface area contributed by atoms with Crippen LogP contribution in [0.4, 0.5) is 0 Å². The van der Waals surface area contributed by atoms with Gasteiger partial charge in [-0.3, -0.25) is 4.79 Å². The Morgan fingerprint density at radius 1 is 1.47 bits per heavy atom. The molecule has 0 radical (unpaired) electrons. The first-order valence-electron chi connectivity index (χ1n) is 5.04. The summed E-state index contributed by atoms with van der Waals surface area (Å²) in [4.78, 5) is 17.3. The molecule has 0 spiro atoms. The number of aliphatic hydroxyl groups excluding tert-OH is 1. The van der Waals surface area contributed by atoms with Gasteiger partial charge in [0, 0.05) is 13.1 Å². The molecule has 1 saturated heterocycles. The second-order valence-electron chi connectivity index (χ2n) is 3.71. The van der Waals surface area contributed by atoms with Gasteiger partial charge in [-0.05, 0) is 12.8 Å². The maximum Gasteiger partial charge on any atom is 0.244 e. The van der Waals surface area contributed by atoms with Gasteiger partial charge < -0.3 is 10.0 Å². The molecule has 0 aliphatic carbocycles. The van der Waals surface area contributed by atoms with Crippen molar-refractivity contribution in [2.24, 2.45) is 0 Å². The van der Waals surface area contributed by atoms with E-state index in [2.05, 4.69) is 10.1 Å². The number of carbonyl (C=O) groups excluding carboxylic acids is 1. The Bertz CT molecular complexity index is 317. The van der Waals surface area contributed by atoms with Crippen LogP contribution in [0.25, 0.3) is 0 Å². The molecule has 1 amide bonds. The van der Waals surface area contributed by atoms with Gasteiger partial charge in [-0.1, -0.05) is 0 Å². The average molecular weight is 210 g/mol. The summed E-state index contributed by atoms with van der Waals surface area (Å²) < 4.78 is 1.51. The number of carbonyl (C=O) groups is 1. The molecule has 0 aromatic carbocycles. The largest absolute Gasteiger partial charge is 0.393 e. The molecular weight excluding hydrogens is 196 g/mol. The van der Waals surface area contributed by atoms with E-state index in [4.69, 9.17) is 0 Å². The lowest BCUT2D eigenvalue weighted by molar-refractivity contribution is -0.134. The molecule has 0 bridgehead atoms. The lowest BCUT2D eigenvalue weighted by Crippen LogP contribution is -2.41. The van der Waals surface area contributed by atoms with Crippen molar-refractivity contribution < 1.29 is 9.90 Å². The molecule has 6 nitrogen and oxygen atoms in total. The SMILES string of the molecule is O=C(Cn1cncn1)N1CCC(O)CC1. The monoisotopic (exact) mass is 210 g/mol. The van der Waals surface area contributed by atoms with Crippen LogP contribution in [0, 0.1) is 0 Å². The van der Waals surface area contributed by atoms with Crippen molar-refractivity contribution in [2.45, 2.75) is 25.5 Å². The molecule has 0 saturated carbocycles. The van der Waals surface area contributed by atoms with Crippen LogP contribution < -0.4 is 0 Å². The van der Waals surface area contributed by atoms with Gasteiger partial charge in [-0.15, -0.1) is 0 Å². The molecule has 1 fully saturated rings. The van der Waals surface area contributed by atoms with Crippen LogP contribution in [0.1, 0.15) is 12.8 Å². The normalized spacial score (nSPS) is 18.1. The molecule has 2 rings (SSSR count). The van der Waals surface area contributed by atoms with E-state index in [1.807, 2.05) is 0 Å². The average Bonchev–Trinajstić information content (AvgIpc) is 2.71. The molecule has 82 valence electrons. The highest BCUT2D eigenvalue weighted by Crippen LogP contribution is 2.10. The zero-order valence-electron chi connectivity index (χ0n) is 8.41. The summed E-state index contributed by atoms with van der Waals surface area (Å²) in [6, 6.07) is 0. The number of nitrogens with zero attached hydrogens (tertiary/aromatic N) is 4. The quantitative estimate of drug-likeness (QED) is 0.698. The van der Waals surface area contributed by atoms with E-state index in [1.165, 1.54) is 17.3 Å². The fourth-order valence-corrected chi connectivity index (χ4v) is 1.67. The Morgan fingerprint density at radius 3 is 2.80 bits per heavy atom. The molecule has 1 aromatic rings. The number of piperidine rings is 1. The number of hydrogen-bond acceptors (Lipinski definition) is 4. The molecular formula is C9H14N4O2. The van der Waals surface area contributed by atoms with Crippen LogP contribution in [0.2, 0.25) is 0 Å². The number of aromatic nitrogens is 3. The van der Waals surface area contributed by atoms with Crippen LogP contribution in [-0.2, 0) is 11.3 Å². The van der Waals surface area contributed by atoms with Gasteiger partial charge in [-0.2, -0.15) is 5.10 Å². The van der Waals surface area contributed by atoms with Gasteiger partial charge in [0.05, 0.1) is 6.10 Å². The Hall–Kier alpha value is -1.43. The molecule has 15 heavy (non-hydrogen) atoms. The molecule has 0 atom stereocenters. The highest BCUT2D eigenvalue weighted by molar-refractivity contribution is 5.75. The number of rotatable bonds is 2. The zero-order valence-corrected chi connectivity index (χ0v) is 8.41. The third-order valence-electron chi connectivity index (χ3n) is 2.58. The summed E-state index contributed by atoms with van der Waals surface area (Å²) in [5.74, 6) is 0.0346. The summed E-state index contributed by atoms with van der Waals surface area (Å²) in [5, 5.41) is 13.2. The molecule has 1 aromatic heterocycles. The highest BCUT2D eigenvalue weighted by atomic mass is 16.3. The maximum absolute atomic E-state index is 11.7. The zero-order chi connectivity index (χ0) is 10.7. The summed E-state index contributed by atoms with van der Waals surface area (Å²) >= 11 is 0. The summed E-state index contributed by atoms with van der Waals surface area (Å²) in [5.41, 5.74) is 0. The van der Waals surface area contributed by atoms with Crippen LogP contribution in [0.5, 0.6) is 0 Å². The fourth-order valence-electron chi connectivity index (χ4n) is 1.67. The van der Waals surface area contributed by atoms with Crippen LogP contribution in [-0.4, -0.2) is 49.9 Å². The molecule has 1 aliphatic heterocycles. The standard InChI is InChI=1S/C9H14N4O2/c14-8-1-3-12(4-2-8)9(15)5-13-7-10-6-11-13/h6-8,14H,1-5H2. The number of aliphatic hydroxyl groups is 1. The van der Waals surface area contributed by atoms with Gasteiger partial charge in [-0.25, -0.2) is 9.67 Å². The Balaban J connectivity index is 1.86.